The van der Waals surface area contributed by atoms with Crippen molar-refractivity contribution in [1.82, 2.24) is 5.32 Å². The SMILES string of the molecule is COc1cc(C2CC2)ccc1CCNC(=O)c1ccc(Oc2cc3c(cc2Cl)C(C(=O)O)CCO3)cc1. The Hall–Kier alpha value is -3.71. The van der Waals surface area contributed by atoms with Gasteiger partial charge in [-0.2, -0.15) is 0 Å². The first kappa shape index (κ1) is 25.0. The van der Waals surface area contributed by atoms with E-state index in [1.54, 1.807) is 43.5 Å². The predicted octanol–water partition coefficient (Wildman–Crippen LogP) is 5.94. The Bertz CT molecular complexity index is 1320. The summed E-state index contributed by atoms with van der Waals surface area (Å²) in [6.07, 6.45) is 3.54. The van der Waals surface area contributed by atoms with Gasteiger partial charge in [-0.15, -0.1) is 0 Å². The summed E-state index contributed by atoms with van der Waals surface area (Å²) in [5.74, 6) is 1.08. The lowest BCUT2D eigenvalue weighted by Gasteiger charge is -2.24. The summed E-state index contributed by atoms with van der Waals surface area (Å²) in [6.45, 7) is 0.797. The summed E-state index contributed by atoms with van der Waals surface area (Å²) < 4.78 is 17.1. The van der Waals surface area contributed by atoms with Gasteiger partial charge in [0.2, 0.25) is 0 Å². The van der Waals surface area contributed by atoms with Gasteiger partial charge in [0.05, 0.1) is 24.7 Å². The van der Waals surface area contributed by atoms with Crippen molar-refractivity contribution < 1.29 is 28.9 Å². The highest BCUT2D eigenvalue weighted by Crippen LogP contribution is 2.42. The second-order valence-electron chi connectivity index (χ2n) is 9.33. The molecule has 0 aromatic heterocycles. The van der Waals surface area contributed by atoms with Gasteiger partial charge in [-0.25, -0.2) is 0 Å². The lowest BCUT2D eigenvalue weighted by Crippen LogP contribution is -2.25. The maximum atomic E-state index is 12.6. The largest absolute Gasteiger partial charge is 0.496 e. The van der Waals surface area contributed by atoms with Crippen LogP contribution in [-0.2, 0) is 11.2 Å². The van der Waals surface area contributed by atoms with E-state index in [2.05, 4.69) is 23.5 Å². The number of hydrogen-bond acceptors (Lipinski definition) is 5. The molecule has 192 valence electrons. The van der Waals surface area contributed by atoms with Crippen molar-refractivity contribution in [2.75, 3.05) is 20.3 Å². The van der Waals surface area contributed by atoms with E-state index < -0.39 is 11.9 Å². The molecule has 1 saturated carbocycles. The molecule has 7 nitrogen and oxygen atoms in total. The van der Waals surface area contributed by atoms with Gasteiger partial charge in [0.25, 0.3) is 5.91 Å². The minimum absolute atomic E-state index is 0.181. The maximum absolute atomic E-state index is 12.6. The third kappa shape index (κ3) is 5.67. The lowest BCUT2D eigenvalue weighted by atomic mass is 9.93. The van der Waals surface area contributed by atoms with Gasteiger partial charge >= 0.3 is 5.97 Å². The predicted molar refractivity (Wildman–Crippen MR) is 139 cm³/mol. The molecule has 3 aromatic carbocycles. The number of methoxy groups -OCH3 is 1. The number of aliphatic carboxylic acids is 1. The number of carboxylic acid groups (broad SMARTS) is 1. The highest BCUT2D eigenvalue weighted by Gasteiger charge is 2.29. The van der Waals surface area contributed by atoms with Crippen LogP contribution >= 0.6 is 11.6 Å². The molecule has 8 heteroatoms. The third-order valence-corrected chi connectivity index (χ3v) is 7.08. The minimum Gasteiger partial charge on any atom is -0.496 e. The summed E-state index contributed by atoms with van der Waals surface area (Å²) in [5, 5.41) is 12.7. The number of nitrogens with one attached hydrogen (secondary N) is 1. The Morgan fingerprint density at radius 3 is 2.54 bits per heavy atom. The van der Waals surface area contributed by atoms with Crippen LogP contribution in [0.15, 0.2) is 54.6 Å². The number of hydrogen-bond donors (Lipinski definition) is 2. The van der Waals surface area contributed by atoms with E-state index in [-0.39, 0.29) is 10.9 Å². The number of carbonyl (C=O) groups excluding carboxylic acids is 1. The number of carboxylic acids is 1. The van der Waals surface area contributed by atoms with Crippen molar-refractivity contribution >= 4 is 23.5 Å². The molecule has 5 rings (SSSR count). The number of rotatable bonds is 9. The standard InChI is InChI=1S/C29H28ClNO6/c1-35-25-14-20(17-2-3-17)5-4-18(25)10-12-31-28(32)19-6-8-21(9-7-19)37-27-16-26-23(15-24(27)30)22(29(33)34)11-13-36-26/h4-9,14-17,22H,2-3,10-13H2,1H3,(H,31,32)(H,33,34). The first-order valence-electron chi connectivity index (χ1n) is 12.3. The van der Waals surface area contributed by atoms with Crippen LogP contribution in [0.5, 0.6) is 23.0 Å². The summed E-state index contributed by atoms with van der Waals surface area (Å²) in [6, 6.07) is 16.3. The molecule has 1 heterocycles. The molecule has 37 heavy (non-hydrogen) atoms. The Morgan fingerprint density at radius 2 is 1.84 bits per heavy atom. The van der Waals surface area contributed by atoms with Gasteiger partial charge in [-0.1, -0.05) is 23.7 Å². The summed E-state index contributed by atoms with van der Waals surface area (Å²) in [7, 11) is 1.68. The number of halogens is 1. The average Bonchev–Trinajstić information content (AvgIpc) is 3.75. The molecule has 0 radical (unpaired) electrons. The van der Waals surface area contributed by atoms with Gasteiger partial charge in [-0.05, 0) is 79.1 Å². The molecule has 0 spiro atoms. The molecule has 1 fully saturated rings. The Balaban J connectivity index is 1.18. The minimum atomic E-state index is -0.909. The first-order valence-corrected chi connectivity index (χ1v) is 12.7. The molecular formula is C29H28ClNO6. The van der Waals surface area contributed by atoms with E-state index in [4.69, 9.17) is 25.8 Å². The quantitative estimate of drug-likeness (QED) is 0.362. The zero-order valence-corrected chi connectivity index (χ0v) is 21.2. The Kier molecular flexibility index (Phi) is 7.24. The zero-order valence-electron chi connectivity index (χ0n) is 20.5. The molecule has 2 N–H and O–H groups in total. The van der Waals surface area contributed by atoms with Gasteiger partial charge in [0, 0.05) is 23.7 Å². The Morgan fingerprint density at radius 1 is 1.05 bits per heavy atom. The van der Waals surface area contributed by atoms with E-state index in [0.29, 0.717) is 60.3 Å². The molecule has 0 bridgehead atoms. The van der Waals surface area contributed by atoms with E-state index in [1.807, 2.05) is 0 Å². The fourth-order valence-electron chi connectivity index (χ4n) is 4.58. The zero-order chi connectivity index (χ0) is 25.9. The van der Waals surface area contributed by atoms with Crippen molar-refractivity contribution in [3.8, 4) is 23.0 Å². The van der Waals surface area contributed by atoms with Crippen LogP contribution in [0.4, 0.5) is 0 Å². The molecule has 1 amide bonds. The van der Waals surface area contributed by atoms with E-state index in [0.717, 1.165) is 11.3 Å². The second kappa shape index (κ2) is 10.7. The molecule has 1 unspecified atom stereocenters. The monoisotopic (exact) mass is 521 g/mol. The number of amides is 1. The lowest BCUT2D eigenvalue weighted by molar-refractivity contribution is -0.139. The molecular weight excluding hydrogens is 494 g/mol. The average molecular weight is 522 g/mol. The van der Waals surface area contributed by atoms with Gasteiger partial charge in [0.15, 0.2) is 0 Å². The van der Waals surface area contributed by atoms with Crippen LogP contribution in [0.2, 0.25) is 5.02 Å². The van der Waals surface area contributed by atoms with Crippen molar-refractivity contribution in [2.45, 2.75) is 37.5 Å². The van der Waals surface area contributed by atoms with Crippen LogP contribution in [0.1, 0.15) is 58.1 Å². The molecule has 3 aromatic rings. The second-order valence-corrected chi connectivity index (χ2v) is 9.73. The van der Waals surface area contributed by atoms with Crippen LogP contribution in [0, 0.1) is 0 Å². The van der Waals surface area contributed by atoms with E-state index >= 15 is 0 Å². The summed E-state index contributed by atoms with van der Waals surface area (Å²) in [4.78, 5) is 24.2. The van der Waals surface area contributed by atoms with Crippen LogP contribution < -0.4 is 19.5 Å². The summed E-state index contributed by atoms with van der Waals surface area (Å²) in [5.41, 5.74) is 3.43. The van der Waals surface area contributed by atoms with Gasteiger partial charge < -0.3 is 24.6 Å². The molecule has 1 atom stereocenters. The van der Waals surface area contributed by atoms with Crippen molar-refractivity contribution in [3.63, 3.8) is 0 Å². The Labute approximate surface area is 220 Å². The van der Waals surface area contributed by atoms with Crippen molar-refractivity contribution in [3.05, 3.63) is 81.9 Å². The van der Waals surface area contributed by atoms with Crippen LogP contribution in [0.3, 0.4) is 0 Å². The fraction of sp³-hybridized carbons (Fsp3) is 0.310. The topological polar surface area (TPSA) is 94.1 Å². The fourth-order valence-corrected chi connectivity index (χ4v) is 4.79. The number of benzene rings is 3. The molecule has 2 aliphatic rings. The molecule has 1 aliphatic heterocycles. The number of ether oxygens (including phenoxy) is 3. The smallest absolute Gasteiger partial charge is 0.311 e. The molecule has 0 saturated heterocycles. The third-order valence-electron chi connectivity index (χ3n) is 6.79. The summed E-state index contributed by atoms with van der Waals surface area (Å²) >= 11 is 6.37. The van der Waals surface area contributed by atoms with E-state index in [9.17, 15) is 14.7 Å². The highest BCUT2D eigenvalue weighted by atomic mass is 35.5. The van der Waals surface area contributed by atoms with Crippen molar-refractivity contribution in [1.29, 1.82) is 0 Å². The highest BCUT2D eigenvalue weighted by molar-refractivity contribution is 6.32. The number of carbonyl (C=O) groups is 2. The maximum Gasteiger partial charge on any atom is 0.311 e. The van der Waals surface area contributed by atoms with Crippen LogP contribution in [-0.4, -0.2) is 37.2 Å². The van der Waals surface area contributed by atoms with Crippen molar-refractivity contribution in [2.24, 2.45) is 0 Å². The first-order chi connectivity index (χ1) is 17.9. The van der Waals surface area contributed by atoms with Gasteiger partial charge in [-0.3, -0.25) is 9.59 Å². The van der Waals surface area contributed by atoms with Gasteiger partial charge in [0.1, 0.15) is 23.0 Å². The van der Waals surface area contributed by atoms with E-state index in [1.165, 1.54) is 18.4 Å². The number of fused-ring (bicyclic) bond motifs is 1. The van der Waals surface area contributed by atoms with Crippen LogP contribution in [0.25, 0.3) is 0 Å². The normalized spacial score (nSPS) is 16.3. The molecule has 1 aliphatic carbocycles.